The van der Waals surface area contributed by atoms with E-state index in [1.807, 2.05) is 71.3 Å². The molecule has 0 N–H and O–H groups in total. The van der Waals surface area contributed by atoms with Crippen LogP contribution in [0.15, 0.2) is 60.9 Å². The Morgan fingerprint density at radius 3 is 2.52 bits per heavy atom. The lowest BCUT2D eigenvalue weighted by atomic mass is 10.2. The Morgan fingerprint density at radius 1 is 1.00 bits per heavy atom. The second-order valence-corrected chi connectivity index (χ2v) is 6.35. The van der Waals surface area contributed by atoms with Crippen molar-refractivity contribution in [3.05, 3.63) is 83.0 Å². The van der Waals surface area contributed by atoms with Gasteiger partial charge in [0.2, 0.25) is 5.28 Å². The molecule has 2 aromatic heterocycles. The molecule has 0 spiro atoms. The minimum absolute atomic E-state index is 0.201. The zero-order valence-corrected chi connectivity index (χ0v) is 15.5. The Labute approximate surface area is 161 Å². The molecule has 0 bridgehead atoms. The van der Waals surface area contributed by atoms with Crippen LogP contribution in [0.1, 0.15) is 16.8 Å². The molecule has 0 atom stereocenters. The molecule has 0 aliphatic carbocycles. The van der Waals surface area contributed by atoms with Crippen LogP contribution in [0.5, 0.6) is 5.75 Å². The number of aromatic nitrogens is 4. The Bertz CT molecular complexity index is 1090. The van der Waals surface area contributed by atoms with Gasteiger partial charge in [-0.15, -0.1) is 0 Å². The van der Waals surface area contributed by atoms with Gasteiger partial charge in [-0.2, -0.15) is 4.98 Å². The maximum atomic E-state index is 6.16. The van der Waals surface area contributed by atoms with Crippen molar-refractivity contribution in [2.24, 2.45) is 0 Å². The zero-order valence-electron chi connectivity index (χ0n) is 14.7. The first kappa shape index (κ1) is 17.2. The molecule has 2 aromatic carbocycles. The van der Waals surface area contributed by atoms with Crippen molar-refractivity contribution in [3.8, 4) is 5.75 Å². The summed E-state index contributed by atoms with van der Waals surface area (Å²) in [7, 11) is 1.65. The van der Waals surface area contributed by atoms with Crippen LogP contribution in [0, 0.1) is 0 Å². The maximum Gasteiger partial charge on any atom is 0.225 e. The fraction of sp³-hybridized carbons (Fsp3) is 0.0952. The lowest BCUT2D eigenvalue weighted by Crippen LogP contribution is -2.00. The minimum Gasteiger partial charge on any atom is -0.497 e. The van der Waals surface area contributed by atoms with Gasteiger partial charge in [-0.1, -0.05) is 48.5 Å². The largest absolute Gasteiger partial charge is 0.497 e. The quantitative estimate of drug-likeness (QED) is 0.473. The van der Waals surface area contributed by atoms with Crippen molar-refractivity contribution in [1.82, 2.24) is 19.5 Å². The van der Waals surface area contributed by atoms with Gasteiger partial charge >= 0.3 is 0 Å². The molecule has 27 heavy (non-hydrogen) atoms. The number of ether oxygens (including phenoxy) is 1. The van der Waals surface area contributed by atoms with E-state index in [9.17, 15) is 0 Å². The highest BCUT2D eigenvalue weighted by atomic mass is 35.5. The number of nitrogens with zero attached hydrogens (tertiary/aromatic N) is 4. The van der Waals surface area contributed by atoms with E-state index < -0.39 is 0 Å². The number of methoxy groups -OCH3 is 1. The van der Waals surface area contributed by atoms with Crippen molar-refractivity contribution < 1.29 is 4.74 Å². The summed E-state index contributed by atoms with van der Waals surface area (Å²) < 4.78 is 7.17. The molecule has 0 aliphatic heterocycles. The maximum absolute atomic E-state index is 6.16. The number of benzene rings is 2. The second-order valence-electron chi connectivity index (χ2n) is 6.01. The summed E-state index contributed by atoms with van der Waals surface area (Å²) in [5.41, 5.74) is 4.32. The van der Waals surface area contributed by atoms with Crippen LogP contribution in [-0.4, -0.2) is 26.6 Å². The molecular formula is C21H17ClN4O. The first-order chi connectivity index (χ1) is 13.2. The molecule has 2 heterocycles. The van der Waals surface area contributed by atoms with Crippen LogP contribution in [0.25, 0.3) is 23.3 Å². The highest BCUT2D eigenvalue weighted by Gasteiger charge is 2.11. The molecule has 0 unspecified atom stereocenters. The molecule has 0 radical (unpaired) electrons. The number of hydrogen-bond donors (Lipinski definition) is 0. The lowest BCUT2D eigenvalue weighted by Gasteiger charge is -2.06. The van der Waals surface area contributed by atoms with Gasteiger partial charge in [-0.05, 0) is 40.9 Å². The predicted octanol–water partition coefficient (Wildman–Crippen LogP) is 4.71. The molecule has 4 rings (SSSR count). The summed E-state index contributed by atoms with van der Waals surface area (Å²) in [4.78, 5) is 13.2. The first-order valence-corrected chi connectivity index (χ1v) is 8.85. The summed E-state index contributed by atoms with van der Waals surface area (Å²) in [6.45, 7) is 0.635. The first-order valence-electron chi connectivity index (χ1n) is 8.47. The van der Waals surface area contributed by atoms with Crippen LogP contribution in [0.2, 0.25) is 5.28 Å². The lowest BCUT2D eigenvalue weighted by molar-refractivity contribution is 0.414. The normalized spacial score (nSPS) is 11.3. The Hall–Kier alpha value is -3.18. The van der Waals surface area contributed by atoms with Gasteiger partial charge in [0.15, 0.2) is 5.65 Å². The number of rotatable bonds is 5. The van der Waals surface area contributed by atoms with E-state index in [1.165, 1.54) is 0 Å². The minimum atomic E-state index is 0.201. The zero-order chi connectivity index (χ0) is 18.6. The third-order valence-corrected chi connectivity index (χ3v) is 4.38. The average molecular weight is 377 g/mol. The standard InChI is InChI=1S/C21H17ClN4O/c1-27-17-10-7-16(8-11-17)13-26-14-23-19-18(24-21(22)25-20(19)26)12-9-15-5-3-2-4-6-15/h2-12,14H,13H2,1H3/b12-9+. The third-order valence-electron chi connectivity index (χ3n) is 4.21. The molecule has 134 valence electrons. The summed E-state index contributed by atoms with van der Waals surface area (Å²) in [6.07, 6.45) is 5.66. The fourth-order valence-corrected chi connectivity index (χ4v) is 3.01. The molecule has 0 amide bonds. The molecule has 5 nitrogen and oxygen atoms in total. The van der Waals surface area contributed by atoms with Crippen molar-refractivity contribution in [1.29, 1.82) is 0 Å². The Morgan fingerprint density at radius 2 is 1.78 bits per heavy atom. The van der Waals surface area contributed by atoms with Crippen molar-refractivity contribution in [3.63, 3.8) is 0 Å². The van der Waals surface area contributed by atoms with Crippen LogP contribution in [0.3, 0.4) is 0 Å². The van der Waals surface area contributed by atoms with E-state index in [0.29, 0.717) is 17.9 Å². The highest BCUT2D eigenvalue weighted by molar-refractivity contribution is 6.28. The van der Waals surface area contributed by atoms with Crippen molar-refractivity contribution >= 4 is 34.9 Å². The van der Waals surface area contributed by atoms with E-state index in [-0.39, 0.29) is 5.28 Å². The van der Waals surface area contributed by atoms with Crippen molar-refractivity contribution in [2.75, 3.05) is 7.11 Å². The molecule has 0 fully saturated rings. The van der Waals surface area contributed by atoms with E-state index in [4.69, 9.17) is 16.3 Å². The monoisotopic (exact) mass is 376 g/mol. The summed E-state index contributed by atoms with van der Waals surface area (Å²) in [6, 6.07) is 17.9. The smallest absolute Gasteiger partial charge is 0.225 e. The molecule has 0 saturated heterocycles. The van der Waals surface area contributed by atoms with Gasteiger partial charge in [-0.3, -0.25) is 0 Å². The van der Waals surface area contributed by atoms with Crippen LogP contribution in [0.4, 0.5) is 0 Å². The van der Waals surface area contributed by atoms with E-state index in [1.54, 1.807) is 13.4 Å². The summed E-state index contributed by atoms with van der Waals surface area (Å²) in [5.74, 6) is 0.827. The van der Waals surface area contributed by atoms with Gasteiger partial charge in [0.1, 0.15) is 11.3 Å². The number of halogens is 1. The van der Waals surface area contributed by atoms with Gasteiger partial charge in [0, 0.05) is 0 Å². The number of fused-ring (bicyclic) bond motifs is 1. The van der Waals surface area contributed by atoms with E-state index in [2.05, 4.69) is 15.0 Å². The summed E-state index contributed by atoms with van der Waals surface area (Å²) in [5, 5.41) is 0.201. The number of hydrogen-bond acceptors (Lipinski definition) is 4. The van der Waals surface area contributed by atoms with E-state index in [0.717, 1.165) is 22.4 Å². The van der Waals surface area contributed by atoms with Crippen LogP contribution < -0.4 is 4.74 Å². The van der Waals surface area contributed by atoms with Gasteiger partial charge < -0.3 is 9.30 Å². The molecule has 4 aromatic rings. The average Bonchev–Trinajstić information content (AvgIpc) is 3.10. The van der Waals surface area contributed by atoms with Gasteiger partial charge in [0.25, 0.3) is 0 Å². The molecule has 0 aliphatic rings. The molecule has 0 saturated carbocycles. The second kappa shape index (κ2) is 7.60. The molecule has 6 heteroatoms. The Kier molecular flexibility index (Phi) is 4.85. The Balaban J connectivity index is 1.68. The van der Waals surface area contributed by atoms with Crippen LogP contribution in [-0.2, 0) is 6.54 Å². The summed E-state index contributed by atoms with van der Waals surface area (Å²) >= 11 is 6.16. The van der Waals surface area contributed by atoms with Gasteiger partial charge in [0.05, 0.1) is 25.7 Å². The topological polar surface area (TPSA) is 52.8 Å². The highest BCUT2D eigenvalue weighted by Crippen LogP contribution is 2.20. The SMILES string of the molecule is COc1ccc(Cn2cnc3c(/C=C/c4ccccc4)nc(Cl)nc32)cc1. The van der Waals surface area contributed by atoms with Gasteiger partial charge in [-0.25, -0.2) is 9.97 Å². The van der Waals surface area contributed by atoms with Crippen LogP contribution >= 0.6 is 11.6 Å². The van der Waals surface area contributed by atoms with E-state index >= 15 is 0 Å². The third kappa shape index (κ3) is 3.83. The fourth-order valence-electron chi connectivity index (χ4n) is 2.84. The molecular weight excluding hydrogens is 360 g/mol. The number of imidazole rings is 1. The van der Waals surface area contributed by atoms with Crippen molar-refractivity contribution in [2.45, 2.75) is 6.54 Å². The predicted molar refractivity (Wildman–Crippen MR) is 108 cm³/mol.